The summed E-state index contributed by atoms with van der Waals surface area (Å²) < 4.78 is 32.2. The number of furan rings is 1. The summed E-state index contributed by atoms with van der Waals surface area (Å²) in [5.74, 6) is 2.07. The van der Waals surface area contributed by atoms with Crippen LogP contribution >= 0.6 is 0 Å². The molecule has 29 heavy (non-hydrogen) atoms. The molecule has 4 heterocycles. The van der Waals surface area contributed by atoms with Crippen LogP contribution in [0, 0.1) is 13.8 Å². The molecule has 5 rings (SSSR count). The maximum absolute atomic E-state index is 8.06. The van der Waals surface area contributed by atoms with Crippen molar-refractivity contribution in [3.8, 4) is 11.1 Å². The van der Waals surface area contributed by atoms with Crippen molar-refractivity contribution in [1.82, 2.24) is 9.79 Å². The van der Waals surface area contributed by atoms with Gasteiger partial charge in [-0.3, -0.25) is 0 Å². The first-order valence-electron chi connectivity index (χ1n) is 11.1. The van der Waals surface area contributed by atoms with Gasteiger partial charge in [-0.2, -0.15) is 0 Å². The molecule has 0 aliphatic carbocycles. The molecule has 0 saturated carbocycles. The van der Waals surface area contributed by atoms with Crippen LogP contribution in [0.15, 0.2) is 59.1 Å². The first-order chi connectivity index (χ1) is 15.2. The summed E-state index contributed by atoms with van der Waals surface area (Å²) in [6.45, 7) is -0.395. The van der Waals surface area contributed by atoms with Crippen molar-refractivity contribution in [2.45, 2.75) is 13.8 Å². The topological polar surface area (TPSA) is 33.1 Å². The van der Waals surface area contributed by atoms with Gasteiger partial charge < -0.3 is 9.23 Å². The molecule has 0 N–H and O–H groups in total. The van der Waals surface area contributed by atoms with E-state index in [1.165, 1.54) is 0 Å². The number of aromatic nitrogens is 2. The summed E-state index contributed by atoms with van der Waals surface area (Å²) in [7, 11) is 3.91. The zero-order valence-electron chi connectivity index (χ0n) is 19.7. The fraction of sp³-hybridized carbons (Fsp3) is 0.167. The van der Waals surface area contributed by atoms with E-state index in [0.29, 0.717) is 16.8 Å². The molecule has 4 aromatic rings. The molecule has 0 fully saturated rings. The van der Waals surface area contributed by atoms with Gasteiger partial charge in [0.05, 0.1) is 0 Å². The highest BCUT2D eigenvalue weighted by Crippen LogP contribution is 2.21. The molecule has 1 aliphatic heterocycles. The van der Waals surface area contributed by atoms with Crippen LogP contribution < -0.4 is 20.8 Å². The maximum atomic E-state index is 8.06. The third kappa shape index (κ3) is 2.94. The summed E-state index contributed by atoms with van der Waals surface area (Å²) in [6.07, 6.45) is 3.80. The molecule has 5 heteroatoms. The third-order valence-electron chi connectivity index (χ3n) is 5.54. The number of hydrogen-bond acceptors (Lipinski definition) is 3. The summed E-state index contributed by atoms with van der Waals surface area (Å²) in [6, 6.07) is 15.7. The molecule has 1 aromatic carbocycles. The van der Waals surface area contributed by atoms with Crippen molar-refractivity contribution in [1.29, 1.82) is 0 Å². The Balaban J connectivity index is 1.71. The van der Waals surface area contributed by atoms with Crippen molar-refractivity contribution < 1.29 is 13.1 Å². The van der Waals surface area contributed by atoms with Crippen molar-refractivity contribution in [3.63, 3.8) is 0 Å². The highest BCUT2D eigenvalue weighted by atomic mass is 16.3. The number of fused-ring (bicyclic) bond motifs is 3. The zero-order chi connectivity index (χ0) is 22.6. The van der Waals surface area contributed by atoms with Gasteiger partial charge >= 0.3 is 6.85 Å². The molecule has 0 spiro atoms. The minimum absolute atomic E-state index is 0.123. The maximum Gasteiger partial charge on any atom is 0.399 e. The summed E-state index contributed by atoms with van der Waals surface area (Å²) in [4.78, 5) is 6.64. The number of hydrogen-bond donors (Lipinski definition) is 0. The minimum atomic E-state index is -2.22. The van der Waals surface area contributed by atoms with Gasteiger partial charge in [-0.25, -0.2) is 9.55 Å². The lowest BCUT2D eigenvalue weighted by atomic mass is 9.55. The van der Waals surface area contributed by atoms with Crippen molar-refractivity contribution in [2.24, 2.45) is 7.05 Å². The van der Waals surface area contributed by atoms with E-state index in [2.05, 4.69) is 22.0 Å². The highest BCUT2D eigenvalue weighted by molar-refractivity contribution is 6.82. The predicted molar refractivity (Wildman–Crippen MR) is 118 cm³/mol. The Labute approximate surface area is 174 Å². The Morgan fingerprint density at radius 3 is 2.79 bits per heavy atom. The lowest BCUT2D eigenvalue weighted by Crippen LogP contribution is -2.61. The number of benzene rings is 1. The van der Waals surface area contributed by atoms with Gasteiger partial charge in [0.15, 0.2) is 11.8 Å². The van der Waals surface area contributed by atoms with Crippen LogP contribution in [0.4, 0.5) is 0 Å². The predicted octanol–water partition coefficient (Wildman–Crippen LogP) is 1.84. The number of rotatable bonds is 2. The van der Waals surface area contributed by atoms with Crippen LogP contribution in [-0.2, 0) is 7.05 Å². The molecule has 0 atom stereocenters. The van der Waals surface area contributed by atoms with E-state index < -0.39 is 6.85 Å². The van der Waals surface area contributed by atoms with Gasteiger partial charge in [-0.1, -0.05) is 30.3 Å². The van der Waals surface area contributed by atoms with Gasteiger partial charge in [0.25, 0.3) is 0 Å². The van der Waals surface area contributed by atoms with Crippen LogP contribution in [0.25, 0.3) is 34.4 Å². The van der Waals surface area contributed by atoms with Crippen LogP contribution in [0.5, 0.6) is 0 Å². The van der Waals surface area contributed by atoms with E-state index in [1.54, 1.807) is 6.20 Å². The van der Waals surface area contributed by atoms with Crippen LogP contribution in [0.1, 0.15) is 15.4 Å². The van der Waals surface area contributed by atoms with E-state index in [0.717, 1.165) is 32.9 Å². The Kier molecular flexibility index (Phi) is 3.34. The third-order valence-corrected chi connectivity index (χ3v) is 5.54. The lowest BCUT2D eigenvalue weighted by molar-refractivity contribution is -0.654. The van der Waals surface area contributed by atoms with Crippen LogP contribution in [0.3, 0.4) is 0 Å². The standard InChI is InChI=1S/C24H23BN3O/c1-16-14-27(3)23(12-20(16)18-8-6-5-7-9-18)25-13-22-21(15-28(25)4)19-11-10-17(2)26-24(19)29-22/h5-15H,1-4H3/q+1/i1D3. The van der Waals surface area contributed by atoms with Gasteiger partial charge in [0, 0.05) is 32.0 Å². The van der Waals surface area contributed by atoms with E-state index >= 15 is 0 Å². The molecule has 0 radical (unpaired) electrons. The van der Waals surface area contributed by atoms with Crippen LogP contribution in [0.2, 0.25) is 0 Å². The SMILES string of the molecule is [2H]C([2H])([2H])c1c[n+](C)c(B2C=c3oc4nc(C)ccc4c3=CN2C)cc1-c1ccccc1. The molecular formula is C24H23BN3O+. The van der Waals surface area contributed by atoms with E-state index in [9.17, 15) is 0 Å². The zero-order valence-corrected chi connectivity index (χ0v) is 16.7. The van der Waals surface area contributed by atoms with Crippen molar-refractivity contribution >= 4 is 35.7 Å². The largest absolute Gasteiger partial charge is 0.439 e. The second-order valence-electron chi connectivity index (χ2n) is 7.59. The fourth-order valence-electron chi connectivity index (χ4n) is 4.02. The molecular weight excluding hydrogens is 357 g/mol. The Morgan fingerprint density at radius 2 is 2.00 bits per heavy atom. The summed E-state index contributed by atoms with van der Waals surface area (Å²) in [5, 5.41) is 2.00. The van der Waals surface area contributed by atoms with Gasteiger partial charge in [0.1, 0.15) is 12.5 Å². The molecule has 0 saturated heterocycles. The molecule has 1 aliphatic rings. The van der Waals surface area contributed by atoms with Gasteiger partial charge in [0.2, 0.25) is 5.71 Å². The monoisotopic (exact) mass is 383 g/mol. The molecule has 3 aromatic heterocycles. The van der Waals surface area contributed by atoms with Crippen molar-refractivity contribution in [3.05, 3.63) is 76.6 Å². The smallest absolute Gasteiger partial charge is 0.399 e. The minimum Gasteiger partial charge on any atom is -0.439 e. The lowest BCUT2D eigenvalue weighted by Gasteiger charge is -2.21. The second kappa shape index (κ2) is 6.62. The average Bonchev–Trinajstić information content (AvgIpc) is 3.09. The molecule has 0 amide bonds. The molecule has 0 bridgehead atoms. The molecule has 4 nitrogen and oxygen atoms in total. The summed E-state index contributed by atoms with van der Waals surface area (Å²) in [5.41, 5.74) is 5.21. The Bertz CT molecular complexity index is 1460. The normalized spacial score (nSPS) is 15.2. The number of nitrogens with zero attached hydrogens (tertiary/aromatic N) is 3. The van der Waals surface area contributed by atoms with E-state index in [1.807, 2.05) is 74.1 Å². The molecule has 0 unspecified atom stereocenters. The Morgan fingerprint density at radius 1 is 1.17 bits per heavy atom. The number of pyridine rings is 2. The second-order valence-corrected chi connectivity index (χ2v) is 7.59. The fourth-order valence-corrected chi connectivity index (χ4v) is 4.02. The highest BCUT2D eigenvalue weighted by Gasteiger charge is 2.31. The van der Waals surface area contributed by atoms with Crippen molar-refractivity contribution in [2.75, 3.05) is 7.05 Å². The first kappa shape index (κ1) is 14.6. The molecule has 142 valence electrons. The van der Waals surface area contributed by atoms with E-state index in [4.69, 9.17) is 8.53 Å². The Hall–Kier alpha value is -3.34. The number of aryl methyl sites for hydroxylation is 3. The van der Waals surface area contributed by atoms with E-state index in [-0.39, 0.29) is 6.85 Å². The van der Waals surface area contributed by atoms with Gasteiger partial charge in [-0.05, 0) is 56.3 Å². The summed E-state index contributed by atoms with van der Waals surface area (Å²) >= 11 is 0. The average molecular weight is 383 g/mol. The van der Waals surface area contributed by atoms with Crippen LogP contribution in [-0.4, -0.2) is 23.7 Å². The first-order valence-corrected chi connectivity index (χ1v) is 9.63. The van der Waals surface area contributed by atoms with Gasteiger partial charge in [-0.15, -0.1) is 0 Å². The quantitative estimate of drug-likeness (QED) is 0.391.